The summed E-state index contributed by atoms with van der Waals surface area (Å²) >= 11 is 0. The monoisotopic (exact) mass is 233 g/mol. The van der Waals surface area contributed by atoms with Crippen LogP contribution in [0.2, 0.25) is 0 Å². The van der Waals surface area contributed by atoms with E-state index < -0.39 is 0 Å². The smallest absolute Gasteiger partial charge is 0.231 e. The molecule has 4 heteroatoms. The van der Waals surface area contributed by atoms with Gasteiger partial charge in [0.15, 0.2) is 11.5 Å². The van der Waals surface area contributed by atoms with Crippen LogP contribution in [0.25, 0.3) is 0 Å². The summed E-state index contributed by atoms with van der Waals surface area (Å²) in [6.07, 6.45) is 0.635. The second-order valence-electron chi connectivity index (χ2n) is 4.64. The predicted octanol–water partition coefficient (Wildman–Crippen LogP) is 1.40. The Bertz CT molecular complexity index is 458. The second kappa shape index (κ2) is 4.04. The Morgan fingerprint density at radius 2 is 2.12 bits per heavy atom. The lowest BCUT2D eigenvalue weighted by Crippen LogP contribution is -2.36. The topological polar surface area (TPSA) is 38.8 Å². The number of likely N-dealkylation sites (tertiary alicyclic amines) is 1. The van der Waals surface area contributed by atoms with Crippen LogP contribution in [0.1, 0.15) is 17.9 Å². The normalized spacial score (nSPS) is 24.1. The number of benzene rings is 1. The van der Waals surface area contributed by atoms with Crippen LogP contribution in [0.15, 0.2) is 18.2 Å². The lowest BCUT2D eigenvalue weighted by atomic mass is 9.89. The summed E-state index contributed by atoms with van der Waals surface area (Å²) in [6.45, 7) is 1.93. The van der Waals surface area contributed by atoms with Crippen LogP contribution in [0.3, 0.4) is 0 Å². The number of Topliss-reactive ketones (excluding diaryl/α,β-unsaturated/α-hetero) is 1. The SMILES string of the molecule is CN1CCC(=O)C(c2ccc3c(c2)OCO3)C1. The van der Waals surface area contributed by atoms with Crippen molar-refractivity contribution in [3.63, 3.8) is 0 Å². The minimum atomic E-state index is -0.0248. The Morgan fingerprint density at radius 1 is 1.29 bits per heavy atom. The molecule has 90 valence electrons. The van der Waals surface area contributed by atoms with Gasteiger partial charge in [-0.1, -0.05) is 6.07 Å². The van der Waals surface area contributed by atoms with Gasteiger partial charge in [0.1, 0.15) is 5.78 Å². The van der Waals surface area contributed by atoms with Crippen molar-refractivity contribution in [3.8, 4) is 11.5 Å². The van der Waals surface area contributed by atoms with Crippen molar-refractivity contribution < 1.29 is 14.3 Å². The Morgan fingerprint density at radius 3 is 3.00 bits per heavy atom. The maximum atomic E-state index is 11.9. The van der Waals surface area contributed by atoms with Crippen LogP contribution in [0.4, 0.5) is 0 Å². The molecule has 0 N–H and O–H groups in total. The minimum Gasteiger partial charge on any atom is -0.454 e. The van der Waals surface area contributed by atoms with E-state index in [0.29, 0.717) is 12.2 Å². The number of carbonyl (C=O) groups is 1. The third-order valence-electron chi connectivity index (χ3n) is 3.42. The van der Waals surface area contributed by atoms with Gasteiger partial charge >= 0.3 is 0 Å². The number of hydrogen-bond acceptors (Lipinski definition) is 4. The molecule has 3 rings (SSSR count). The highest BCUT2D eigenvalue weighted by atomic mass is 16.7. The maximum absolute atomic E-state index is 11.9. The van der Waals surface area contributed by atoms with Crippen LogP contribution < -0.4 is 9.47 Å². The van der Waals surface area contributed by atoms with Crippen molar-refractivity contribution in [3.05, 3.63) is 23.8 Å². The molecule has 0 bridgehead atoms. The molecule has 2 heterocycles. The molecule has 1 unspecified atom stereocenters. The third kappa shape index (κ3) is 1.89. The number of hydrogen-bond donors (Lipinski definition) is 0. The molecule has 2 aliphatic heterocycles. The number of fused-ring (bicyclic) bond motifs is 1. The van der Waals surface area contributed by atoms with Gasteiger partial charge in [-0.2, -0.15) is 0 Å². The van der Waals surface area contributed by atoms with Crippen molar-refractivity contribution in [2.24, 2.45) is 0 Å². The molecule has 0 aromatic heterocycles. The van der Waals surface area contributed by atoms with Gasteiger partial charge < -0.3 is 14.4 Å². The number of rotatable bonds is 1. The fraction of sp³-hybridized carbons (Fsp3) is 0.462. The molecule has 1 fully saturated rings. The number of likely N-dealkylation sites (N-methyl/N-ethyl adjacent to an activating group) is 1. The molecule has 1 aromatic rings. The summed E-state index contributed by atoms with van der Waals surface area (Å²) in [4.78, 5) is 14.1. The number of carbonyl (C=O) groups excluding carboxylic acids is 1. The zero-order valence-electron chi connectivity index (χ0n) is 9.81. The zero-order chi connectivity index (χ0) is 11.8. The van der Waals surface area contributed by atoms with E-state index in [4.69, 9.17) is 9.47 Å². The maximum Gasteiger partial charge on any atom is 0.231 e. The van der Waals surface area contributed by atoms with E-state index in [1.54, 1.807) is 0 Å². The van der Waals surface area contributed by atoms with Crippen LogP contribution in [0, 0.1) is 0 Å². The summed E-state index contributed by atoms with van der Waals surface area (Å²) in [7, 11) is 2.05. The number of nitrogens with zero attached hydrogens (tertiary/aromatic N) is 1. The van der Waals surface area contributed by atoms with E-state index in [-0.39, 0.29) is 12.7 Å². The minimum absolute atomic E-state index is 0.0248. The Hall–Kier alpha value is -1.55. The largest absolute Gasteiger partial charge is 0.454 e. The van der Waals surface area contributed by atoms with Crippen LogP contribution >= 0.6 is 0 Å². The molecular formula is C13H15NO3. The number of piperidine rings is 1. The Kier molecular flexibility index (Phi) is 2.52. The molecule has 4 nitrogen and oxygen atoms in total. The van der Waals surface area contributed by atoms with Crippen molar-refractivity contribution in [1.82, 2.24) is 4.90 Å². The fourth-order valence-corrected chi connectivity index (χ4v) is 2.40. The number of ketones is 1. The molecule has 2 aliphatic rings. The average molecular weight is 233 g/mol. The first-order chi connectivity index (χ1) is 8.24. The van der Waals surface area contributed by atoms with E-state index >= 15 is 0 Å². The van der Waals surface area contributed by atoms with Gasteiger partial charge in [-0.25, -0.2) is 0 Å². The highest BCUT2D eigenvalue weighted by molar-refractivity contribution is 5.87. The molecule has 0 spiro atoms. The summed E-state index contributed by atoms with van der Waals surface area (Å²) in [5.74, 6) is 1.82. The van der Waals surface area contributed by atoms with Crippen molar-refractivity contribution >= 4 is 5.78 Å². The summed E-state index contributed by atoms with van der Waals surface area (Å²) < 4.78 is 10.6. The van der Waals surface area contributed by atoms with Gasteiger partial charge in [0.2, 0.25) is 6.79 Å². The molecule has 0 radical (unpaired) electrons. The average Bonchev–Trinajstić information content (AvgIpc) is 2.79. The first-order valence-corrected chi connectivity index (χ1v) is 5.85. The van der Waals surface area contributed by atoms with Crippen molar-refractivity contribution in [2.45, 2.75) is 12.3 Å². The number of ether oxygens (including phenoxy) is 2. The second-order valence-corrected chi connectivity index (χ2v) is 4.64. The fourth-order valence-electron chi connectivity index (χ4n) is 2.40. The van der Waals surface area contributed by atoms with E-state index in [1.807, 2.05) is 25.2 Å². The quantitative estimate of drug-likeness (QED) is 0.735. The first-order valence-electron chi connectivity index (χ1n) is 5.85. The molecule has 1 aromatic carbocycles. The Labute approximate surface area is 100 Å². The van der Waals surface area contributed by atoms with Crippen LogP contribution in [-0.4, -0.2) is 37.6 Å². The van der Waals surface area contributed by atoms with Crippen LogP contribution in [0.5, 0.6) is 11.5 Å². The summed E-state index contributed by atoms with van der Waals surface area (Å²) in [5, 5.41) is 0. The third-order valence-corrected chi connectivity index (χ3v) is 3.42. The molecule has 0 aliphatic carbocycles. The molecule has 17 heavy (non-hydrogen) atoms. The van der Waals surface area contributed by atoms with E-state index in [9.17, 15) is 4.79 Å². The predicted molar refractivity (Wildman–Crippen MR) is 62.4 cm³/mol. The molecular weight excluding hydrogens is 218 g/mol. The van der Waals surface area contributed by atoms with Crippen LogP contribution in [-0.2, 0) is 4.79 Å². The van der Waals surface area contributed by atoms with Gasteiger partial charge in [0, 0.05) is 19.5 Å². The summed E-state index contributed by atoms with van der Waals surface area (Å²) in [5.41, 5.74) is 1.03. The van der Waals surface area contributed by atoms with E-state index in [1.165, 1.54) is 0 Å². The van der Waals surface area contributed by atoms with E-state index in [2.05, 4.69) is 4.90 Å². The highest BCUT2D eigenvalue weighted by Gasteiger charge is 2.28. The first kappa shape index (κ1) is 10.6. The summed E-state index contributed by atoms with van der Waals surface area (Å²) in [6, 6.07) is 5.79. The molecule has 0 amide bonds. The Balaban J connectivity index is 1.90. The van der Waals surface area contributed by atoms with Crippen molar-refractivity contribution in [2.75, 3.05) is 26.9 Å². The highest BCUT2D eigenvalue weighted by Crippen LogP contribution is 2.35. The zero-order valence-corrected chi connectivity index (χ0v) is 9.81. The lowest BCUT2D eigenvalue weighted by Gasteiger charge is -2.28. The lowest BCUT2D eigenvalue weighted by molar-refractivity contribution is -0.123. The molecule has 1 atom stereocenters. The van der Waals surface area contributed by atoms with E-state index in [0.717, 1.165) is 30.2 Å². The molecule has 1 saturated heterocycles. The van der Waals surface area contributed by atoms with Crippen molar-refractivity contribution in [1.29, 1.82) is 0 Å². The van der Waals surface area contributed by atoms with Gasteiger partial charge in [-0.05, 0) is 24.7 Å². The standard InChI is InChI=1S/C13H15NO3/c1-14-5-4-11(15)10(7-14)9-2-3-12-13(6-9)17-8-16-12/h2-3,6,10H,4-5,7-8H2,1H3. The van der Waals surface area contributed by atoms with Gasteiger partial charge in [-0.15, -0.1) is 0 Å². The van der Waals surface area contributed by atoms with Gasteiger partial charge in [0.05, 0.1) is 5.92 Å². The molecule has 0 saturated carbocycles. The van der Waals surface area contributed by atoms with Gasteiger partial charge in [-0.3, -0.25) is 4.79 Å². The van der Waals surface area contributed by atoms with Gasteiger partial charge in [0.25, 0.3) is 0 Å².